The predicted molar refractivity (Wildman–Crippen MR) is 56.4 cm³/mol. The molecule has 2 heterocycles. The first kappa shape index (κ1) is 9.46. The largest absolute Gasteiger partial charge is 0.391 e. The molecule has 3 nitrogen and oxygen atoms in total. The van der Waals surface area contributed by atoms with Crippen LogP contribution in [0.3, 0.4) is 0 Å². The highest BCUT2D eigenvalue weighted by molar-refractivity contribution is 5.47. The Bertz CT molecular complexity index is 317. The highest BCUT2D eigenvalue weighted by atomic mass is 16.3. The molecule has 1 aliphatic rings. The molecule has 2 rings (SSSR count). The minimum absolute atomic E-state index is 0.212. The number of hydrogen-bond acceptors (Lipinski definition) is 3. The Labute approximate surface area is 84.4 Å². The van der Waals surface area contributed by atoms with Crippen LogP contribution in [0.1, 0.15) is 12.5 Å². The SMILES string of the molecule is Cc1cccnc1N1CC(C)C(O)C1. The summed E-state index contributed by atoms with van der Waals surface area (Å²) in [6.45, 7) is 5.73. The van der Waals surface area contributed by atoms with Gasteiger partial charge in [0, 0.05) is 25.2 Å². The van der Waals surface area contributed by atoms with E-state index in [1.807, 2.05) is 6.07 Å². The summed E-state index contributed by atoms with van der Waals surface area (Å²) in [5.41, 5.74) is 1.17. The van der Waals surface area contributed by atoms with Gasteiger partial charge in [-0.15, -0.1) is 0 Å². The van der Waals surface area contributed by atoms with Crippen molar-refractivity contribution in [3.8, 4) is 0 Å². The standard InChI is InChI=1S/C11H16N2O/c1-8-4-3-5-12-11(8)13-6-9(2)10(14)7-13/h3-5,9-10,14H,6-7H2,1-2H3. The van der Waals surface area contributed by atoms with E-state index < -0.39 is 0 Å². The molecule has 1 saturated heterocycles. The topological polar surface area (TPSA) is 36.4 Å². The van der Waals surface area contributed by atoms with E-state index >= 15 is 0 Å². The van der Waals surface area contributed by atoms with Gasteiger partial charge in [0.2, 0.25) is 0 Å². The zero-order chi connectivity index (χ0) is 10.1. The lowest BCUT2D eigenvalue weighted by Gasteiger charge is -2.18. The van der Waals surface area contributed by atoms with E-state index in [2.05, 4.69) is 29.8 Å². The molecule has 1 N–H and O–H groups in total. The average Bonchev–Trinajstić information content (AvgIpc) is 2.48. The first-order valence-corrected chi connectivity index (χ1v) is 5.03. The fraction of sp³-hybridized carbons (Fsp3) is 0.545. The van der Waals surface area contributed by atoms with Crippen molar-refractivity contribution in [1.82, 2.24) is 4.98 Å². The van der Waals surface area contributed by atoms with Crippen LogP contribution in [0, 0.1) is 12.8 Å². The Balaban J connectivity index is 2.21. The molecule has 0 bridgehead atoms. The first-order chi connectivity index (χ1) is 6.68. The molecule has 1 fully saturated rings. The van der Waals surface area contributed by atoms with E-state index in [4.69, 9.17) is 0 Å². The number of aryl methyl sites for hydroxylation is 1. The Hall–Kier alpha value is -1.09. The van der Waals surface area contributed by atoms with Crippen molar-refractivity contribution in [2.75, 3.05) is 18.0 Å². The second kappa shape index (κ2) is 3.58. The average molecular weight is 192 g/mol. The maximum Gasteiger partial charge on any atom is 0.131 e. The van der Waals surface area contributed by atoms with E-state index in [-0.39, 0.29) is 6.10 Å². The summed E-state index contributed by atoms with van der Waals surface area (Å²) >= 11 is 0. The molecule has 0 aliphatic carbocycles. The molecule has 0 saturated carbocycles. The quantitative estimate of drug-likeness (QED) is 0.726. The van der Waals surface area contributed by atoms with Gasteiger partial charge in [-0.1, -0.05) is 13.0 Å². The maximum absolute atomic E-state index is 9.65. The van der Waals surface area contributed by atoms with Gasteiger partial charge in [-0.2, -0.15) is 0 Å². The number of aromatic nitrogens is 1. The lowest BCUT2D eigenvalue weighted by Crippen LogP contribution is -2.22. The second-order valence-electron chi connectivity index (χ2n) is 4.09. The number of anilines is 1. The molecular formula is C11H16N2O. The van der Waals surface area contributed by atoms with Crippen molar-refractivity contribution in [3.63, 3.8) is 0 Å². The van der Waals surface area contributed by atoms with Crippen molar-refractivity contribution in [2.24, 2.45) is 5.92 Å². The summed E-state index contributed by atoms with van der Waals surface area (Å²) in [4.78, 5) is 6.50. The highest BCUT2D eigenvalue weighted by Crippen LogP contribution is 2.24. The minimum Gasteiger partial charge on any atom is -0.391 e. The first-order valence-electron chi connectivity index (χ1n) is 5.03. The van der Waals surface area contributed by atoms with E-state index in [0.717, 1.165) is 12.4 Å². The molecular weight excluding hydrogens is 176 g/mol. The van der Waals surface area contributed by atoms with Crippen LogP contribution < -0.4 is 4.90 Å². The van der Waals surface area contributed by atoms with Crippen molar-refractivity contribution >= 4 is 5.82 Å². The Morgan fingerprint density at radius 1 is 1.50 bits per heavy atom. The zero-order valence-electron chi connectivity index (χ0n) is 8.64. The number of hydrogen-bond donors (Lipinski definition) is 1. The lowest BCUT2D eigenvalue weighted by atomic mass is 10.1. The smallest absolute Gasteiger partial charge is 0.131 e. The molecule has 2 unspecified atom stereocenters. The molecule has 3 heteroatoms. The van der Waals surface area contributed by atoms with Crippen molar-refractivity contribution in [1.29, 1.82) is 0 Å². The molecule has 76 valence electrons. The van der Waals surface area contributed by atoms with Crippen LogP contribution in [0.5, 0.6) is 0 Å². The molecule has 1 aliphatic heterocycles. The number of rotatable bonds is 1. The summed E-state index contributed by atoms with van der Waals surface area (Å²) < 4.78 is 0. The second-order valence-corrected chi connectivity index (χ2v) is 4.09. The van der Waals surface area contributed by atoms with Gasteiger partial charge in [-0.3, -0.25) is 0 Å². The Kier molecular flexibility index (Phi) is 2.42. The molecule has 0 aromatic carbocycles. The number of pyridine rings is 1. The number of nitrogens with zero attached hydrogens (tertiary/aromatic N) is 2. The molecule has 14 heavy (non-hydrogen) atoms. The molecule has 0 amide bonds. The van der Waals surface area contributed by atoms with E-state index in [0.29, 0.717) is 12.5 Å². The lowest BCUT2D eigenvalue weighted by molar-refractivity contribution is 0.157. The van der Waals surface area contributed by atoms with Crippen molar-refractivity contribution in [3.05, 3.63) is 23.9 Å². The summed E-state index contributed by atoms with van der Waals surface area (Å²) in [6, 6.07) is 3.99. The Morgan fingerprint density at radius 3 is 2.86 bits per heavy atom. The van der Waals surface area contributed by atoms with E-state index in [1.165, 1.54) is 5.56 Å². The third-order valence-corrected chi connectivity index (χ3v) is 2.85. The van der Waals surface area contributed by atoms with Crippen LogP contribution in [-0.2, 0) is 0 Å². The van der Waals surface area contributed by atoms with Gasteiger partial charge in [0.25, 0.3) is 0 Å². The third-order valence-electron chi connectivity index (χ3n) is 2.85. The number of aliphatic hydroxyl groups excluding tert-OH is 1. The van der Waals surface area contributed by atoms with Gasteiger partial charge in [0.1, 0.15) is 5.82 Å². The van der Waals surface area contributed by atoms with Crippen molar-refractivity contribution < 1.29 is 5.11 Å². The van der Waals surface area contributed by atoms with Crippen LogP contribution in [0.2, 0.25) is 0 Å². The number of β-amino-alcohol motifs (C(OH)–C–C–N with tert-alkyl or cyclic N) is 1. The molecule has 0 spiro atoms. The van der Waals surface area contributed by atoms with Crippen LogP contribution in [0.15, 0.2) is 18.3 Å². The molecule has 1 aromatic heterocycles. The monoisotopic (exact) mass is 192 g/mol. The van der Waals surface area contributed by atoms with Crippen LogP contribution in [-0.4, -0.2) is 29.3 Å². The van der Waals surface area contributed by atoms with Crippen LogP contribution in [0.25, 0.3) is 0 Å². The summed E-state index contributed by atoms with van der Waals surface area (Å²) in [6.07, 6.45) is 1.59. The number of aliphatic hydroxyl groups is 1. The van der Waals surface area contributed by atoms with E-state index in [9.17, 15) is 5.11 Å². The van der Waals surface area contributed by atoms with Gasteiger partial charge >= 0.3 is 0 Å². The summed E-state index contributed by atoms with van der Waals surface area (Å²) in [5, 5.41) is 9.65. The van der Waals surface area contributed by atoms with Gasteiger partial charge < -0.3 is 10.0 Å². The highest BCUT2D eigenvalue weighted by Gasteiger charge is 2.28. The van der Waals surface area contributed by atoms with Gasteiger partial charge in [0.05, 0.1) is 6.10 Å². The maximum atomic E-state index is 9.65. The van der Waals surface area contributed by atoms with Gasteiger partial charge in [-0.25, -0.2) is 4.98 Å². The molecule has 2 atom stereocenters. The predicted octanol–water partition coefficient (Wildman–Crippen LogP) is 1.21. The molecule has 0 radical (unpaired) electrons. The van der Waals surface area contributed by atoms with Gasteiger partial charge in [-0.05, 0) is 18.6 Å². The zero-order valence-corrected chi connectivity index (χ0v) is 8.64. The van der Waals surface area contributed by atoms with E-state index in [1.54, 1.807) is 6.20 Å². The fourth-order valence-corrected chi connectivity index (χ4v) is 1.93. The normalized spacial score (nSPS) is 26.9. The van der Waals surface area contributed by atoms with Crippen molar-refractivity contribution in [2.45, 2.75) is 20.0 Å². The van der Waals surface area contributed by atoms with Crippen LogP contribution in [0.4, 0.5) is 5.82 Å². The summed E-state index contributed by atoms with van der Waals surface area (Å²) in [7, 11) is 0. The summed E-state index contributed by atoms with van der Waals surface area (Å²) in [5.74, 6) is 1.35. The molecule has 1 aromatic rings. The van der Waals surface area contributed by atoms with Crippen LogP contribution >= 0.6 is 0 Å². The third kappa shape index (κ3) is 1.60. The minimum atomic E-state index is -0.212. The fourth-order valence-electron chi connectivity index (χ4n) is 1.93. The van der Waals surface area contributed by atoms with Gasteiger partial charge in [0.15, 0.2) is 0 Å². The Morgan fingerprint density at radius 2 is 2.29 bits per heavy atom.